The van der Waals surface area contributed by atoms with E-state index in [1.54, 1.807) is 12.3 Å². The molecule has 2 aromatic heterocycles. The summed E-state index contributed by atoms with van der Waals surface area (Å²) in [7, 11) is 0. The number of carbonyl (C=O) groups is 2. The van der Waals surface area contributed by atoms with Crippen LogP contribution in [0.2, 0.25) is 0 Å². The molecule has 1 amide bonds. The molecule has 15 heavy (non-hydrogen) atoms. The van der Waals surface area contributed by atoms with Crippen LogP contribution in [0.15, 0.2) is 18.5 Å². The molecule has 0 spiro atoms. The summed E-state index contributed by atoms with van der Waals surface area (Å²) in [5, 5.41) is 4.56. The zero-order chi connectivity index (χ0) is 10.8. The van der Waals surface area contributed by atoms with Crippen molar-refractivity contribution < 1.29 is 9.59 Å². The van der Waals surface area contributed by atoms with Crippen molar-refractivity contribution in [2.75, 3.05) is 0 Å². The van der Waals surface area contributed by atoms with Gasteiger partial charge in [-0.2, -0.15) is 5.10 Å². The second kappa shape index (κ2) is 3.49. The van der Waals surface area contributed by atoms with Crippen LogP contribution in [0.3, 0.4) is 0 Å². The molecule has 2 aromatic rings. The molecule has 76 valence electrons. The first kappa shape index (κ1) is 9.32. The lowest BCUT2D eigenvalue weighted by Gasteiger charge is -1.94. The Kier molecular flexibility index (Phi) is 2.17. The van der Waals surface area contributed by atoms with Gasteiger partial charge in [-0.1, -0.05) is 0 Å². The molecule has 0 unspecified atom stereocenters. The fourth-order valence-corrected chi connectivity index (χ4v) is 1.41. The van der Waals surface area contributed by atoms with E-state index in [2.05, 4.69) is 10.1 Å². The third kappa shape index (κ3) is 1.45. The van der Waals surface area contributed by atoms with Gasteiger partial charge in [-0.25, -0.2) is 0 Å². The zero-order valence-electron chi connectivity index (χ0n) is 7.75. The molecule has 2 rings (SSSR count). The van der Waals surface area contributed by atoms with Gasteiger partial charge in [0.05, 0.1) is 18.3 Å². The number of fused-ring (bicyclic) bond motifs is 1. The van der Waals surface area contributed by atoms with Crippen LogP contribution >= 0.6 is 0 Å². The fraction of sp³-hybridized carbons (Fsp3) is 0.111. The number of primary amides is 1. The van der Waals surface area contributed by atoms with Crippen LogP contribution in [-0.4, -0.2) is 27.0 Å². The molecule has 6 heteroatoms. The number of pyridine rings is 1. The van der Waals surface area contributed by atoms with Gasteiger partial charge in [0.2, 0.25) is 0 Å². The van der Waals surface area contributed by atoms with E-state index in [0.717, 1.165) is 0 Å². The van der Waals surface area contributed by atoms with Crippen LogP contribution in [0.25, 0.3) is 10.9 Å². The molecular weight excluding hydrogens is 196 g/mol. The van der Waals surface area contributed by atoms with E-state index < -0.39 is 5.91 Å². The van der Waals surface area contributed by atoms with Gasteiger partial charge >= 0.3 is 0 Å². The summed E-state index contributed by atoms with van der Waals surface area (Å²) in [4.78, 5) is 25.4. The molecule has 0 aliphatic carbocycles. The molecule has 0 atom stereocenters. The Balaban J connectivity index is 2.72. The number of hydrogen-bond acceptors (Lipinski definition) is 4. The quantitative estimate of drug-likeness (QED) is 0.696. The van der Waals surface area contributed by atoms with E-state index >= 15 is 0 Å². The maximum atomic E-state index is 11.1. The van der Waals surface area contributed by atoms with E-state index in [9.17, 15) is 9.59 Å². The lowest BCUT2D eigenvalue weighted by molar-refractivity contribution is -0.108. The van der Waals surface area contributed by atoms with E-state index in [1.165, 1.54) is 10.9 Å². The third-order valence-electron chi connectivity index (χ3n) is 2.03. The molecule has 2 N–H and O–H groups in total. The van der Waals surface area contributed by atoms with Crippen LogP contribution < -0.4 is 5.73 Å². The molecule has 0 bridgehead atoms. The maximum absolute atomic E-state index is 11.1. The van der Waals surface area contributed by atoms with Crippen molar-refractivity contribution in [2.45, 2.75) is 6.54 Å². The minimum atomic E-state index is -0.615. The van der Waals surface area contributed by atoms with Crippen LogP contribution in [0.4, 0.5) is 0 Å². The third-order valence-corrected chi connectivity index (χ3v) is 2.03. The highest BCUT2D eigenvalue weighted by Gasteiger charge is 2.13. The minimum absolute atomic E-state index is 0.0788. The van der Waals surface area contributed by atoms with Crippen molar-refractivity contribution in [1.82, 2.24) is 14.8 Å². The van der Waals surface area contributed by atoms with E-state index in [1.807, 2.05) is 0 Å². The van der Waals surface area contributed by atoms with Gasteiger partial charge in [-0.05, 0) is 6.07 Å². The predicted molar refractivity (Wildman–Crippen MR) is 52.1 cm³/mol. The first-order valence-corrected chi connectivity index (χ1v) is 4.28. The average Bonchev–Trinajstić information content (AvgIpc) is 2.59. The summed E-state index contributed by atoms with van der Waals surface area (Å²) in [6.45, 7) is 0.0788. The number of aromatic nitrogens is 3. The van der Waals surface area contributed by atoms with Crippen LogP contribution in [-0.2, 0) is 11.3 Å². The molecule has 2 heterocycles. The van der Waals surface area contributed by atoms with Gasteiger partial charge in [0.1, 0.15) is 6.29 Å². The van der Waals surface area contributed by atoms with E-state index in [-0.39, 0.29) is 12.2 Å². The highest BCUT2D eigenvalue weighted by molar-refractivity contribution is 6.03. The van der Waals surface area contributed by atoms with Crippen molar-refractivity contribution in [3.05, 3.63) is 24.2 Å². The normalized spacial score (nSPS) is 10.4. The Hall–Kier alpha value is -2.24. The Bertz CT molecular complexity index is 532. The number of hydrogen-bond donors (Lipinski definition) is 1. The van der Waals surface area contributed by atoms with Crippen molar-refractivity contribution in [3.8, 4) is 0 Å². The number of rotatable bonds is 3. The molecule has 0 radical (unpaired) electrons. The molecular formula is C9H8N4O2. The largest absolute Gasteiger partial charge is 0.364 e. The van der Waals surface area contributed by atoms with Gasteiger partial charge < -0.3 is 10.5 Å². The topological polar surface area (TPSA) is 90.9 Å². The molecule has 0 aliphatic rings. The van der Waals surface area contributed by atoms with Gasteiger partial charge in [-0.3, -0.25) is 14.5 Å². The Morgan fingerprint density at radius 2 is 2.40 bits per heavy atom. The first-order valence-electron chi connectivity index (χ1n) is 4.28. The molecule has 0 aliphatic heterocycles. The second-order valence-electron chi connectivity index (χ2n) is 2.95. The minimum Gasteiger partial charge on any atom is -0.364 e. The smallest absolute Gasteiger partial charge is 0.269 e. The summed E-state index contributed by atoms with van der Waals surface area (Å²) in [5.74, 6) is -0.615. The number of carbonyl (C=O) groups excluding carboxylic acids is 2. The molecule has 0 saturated heterocycles. The standard InChI is InChI=1S/C9H8N4O2/c10-9(15)8-6-1-2-11-5-7(6)13(12-8)3-4-14/h1-2,4-5H,3H2,(H2,10,15). The second-order valence-corrected chi connectivity index (χ2v) is 2.95. The van der Waals surface area contributed by atoms with Crippen LogP contribution in [0, 0.1) is 0 Å². The van der Waals surface area contributed by atoms with E-state index in [4.69, 9.17) is 5.73 Å². The first-order chi connectivity index (χ1) is 7.24. The fourth-order valence-electron chi connectivity index (χ4n) is 1.41. The molecule has 0 fully saturated rings. The Morgan fingerprint density at radius 1 is 1.60 bits per heavy atom. The van der Waals surface area contributed by atoms with Gasteiger partial charge in [0, 0.05) is 11.6 Å². The molecule has 0 saturated carbocycles. The summed E-state index contributed by atoms with van der Waals surface area (Å²) >= 11 is 0. The number of aldehydes is 1. The van der Waals surface area contributed by atoms with E-state index in [0.29, 0.717) is 17.2 Å². The highest BCUT2D eigenvalue weighted by atomic mass is 16.1. The molecule has 6 nitrogen and oxygen atoms in total. The van der Waals surface area contributed by atoms with Crippen molar-refractivity contribution >= 4 is 23.1 Å². The summed E-state index contributed by atoms with van der Waals surface area (Å²) in [5.41, 5.74) is 5.95. The predicted octanol–water partition coefficient (Wildman–Crippen LogP) is -0.271. The van der Waals surface area contributed by atoms with Crippen molar-refractivity contribution in [2.24, 2.45) is 5.73 Å². The van der Waals surface area contributed by atoms with Crippen molar-refractivity contribution in [1.29, 1.82) is 0 Å². The van der Waals surface area contributed by atoms with Gasteiger partial charge in [0.15, 0.2) is 5.69 Å². The van der Waals surface area contributed by atoms with Gasteiger partial charge in [-0.15, -0.1) is 0 Å². The highest BCUT2D eigenvalue weighted by Crippen LogP contribution is 2.16. The Labute approximate surface area is 84.7 Å². The number of nitrogens with zero attached hydrogens (tertiary/aromatic N) is 3. The molecule has 0 aromatic carbocycles. The summed E-state index contributed by atoms with van der Waals surface area (Å²) in [6, 6.07) is 1.64. The lowest BCUT2D eigenvalue weighted by Crippen LogP contribution is -2.13. The average molecular weight is 204 g/mol. The Morgan fingerprint density at radius 3 is 3.07 bits per heavy atom. The lowest BCUT2D eigenvalue weighted by atomic mass is 10.2. The SMILES string of the molecule is NC(=O)c1nn(CC=O)c2cnccc12. The van der Waals surface area contributed by atoms with Gasteiger partial charge in [0.25, 0.3) is 5.91 Å². The van der Waals surface area contributed by atoms with Crippen LogP contribution in [0.1, 0.15) is 10.5 Å². The number of amides is 1. The zero-order valence-corrected chi connectivity index (χ0v) is 7.75. The van der Waals surface area contributed by atoms with Crippen molar-refractivity contribution in [3.63, 3.8) is 0 Å². The van der Waals surface area contributed by atoms with Crippen LogP contribution in [0.5, 0.6) is 0 Å². The number of nitrogens with two attached hydrogens (primary N) is 1. The monoisotopic (exact) mass is 204 g/mol. The summed E-state index contributed by atoms with van der Waals surface area (Å²) in [6.07, 6.45) is 3.78. The summed E-state index contributed by atoms with van der Waals surface area (Å²) < 4.78 is 1.40. The maximum Gasteiger partial charge on any atom is 0.269 e.